The zero-order valence-electron chi connectivity index (χ0n) is 16.5. The van der Waals surface area contributed by atoms with Crippen LogP contribution >= 0.6 is 11.3 Å². The summed E-state index contributed by atoms with van der Waals surface area (Å²) >= 11 is 1.27. The molecule has 0 bridgehead atoms. The molecule has 2 heterocycles. The first-order chi connectivity index (χ1) is 14.9. The number of carbonyl (C=O) groups is 4. The van der Waals surface area contributed by atoms with Crippen molar-refractivity contribution in [2.24, 2.45) is 0 Å². The number of imide groups is 1. The fourth-order valence-corrected chi connectivity index (χ4v) is 3.81. The third-order valence-electron chi connectivity index (χ3n) is 4.59. The number of carbonyl (C=O) groups excluding carboxylic acids is 4. The highest BCUT2D eigenvalue weighted by atomic mass is 32.1. The first-order valence-corrected chi connectivity index (χ1v) is 10.2. The van der Waals surface area contributed by atoms with Crippen LogP contribution < -0.4 is 5.32 Å². The zero-order valence-corrected chi connectivity index (χ0v) is 17.3. The van der Waals surface area contributed by atoms with Crippen molar-refractivity contribution in [3.63, 3.8) is 0 Å². The van der Waals surface area contributed by atoms with Crippen LogP contribution in [0.1, 0.15) is 42.3 Å². The van der Waals surface area contributed by atoms with Gasteiger partial charge in [0.25, 0.3) is 17.7 Å². The minimum Gasteiger partial charge on any atom is -0.452 e. The molecule has 9 heteroatoms. The van der Waals surface area contributed by atoms with Crippen LogP contribution in [-0.2, 0) is 16.1 Å². The molecule has 1 aliphatic heterocycles. The average Bonchev–Trinajstić information content (AvgIpc) is 3.28. The van der Waals surface area contributed by atoms with Crippen molar-refractivity contribution < 1.29 is 23.9 Å². The van der Waals surface area contributed by atoms with Gasteiger partial charge in [0.2, 0.25) is 0 Å². The molecule has 0 aliphatic carbocycles. The van der Waals surface area contributed by atoms with Gasteiger partial charge in [-0.1, -0.05) is 30.3 Å². The molecular formula is C22H17N3O5S. The lowest BCUT2D eigenvalue weighted by Crippen LogP contribution is -2.29. The highest BCUT2D eigenvalue weighted by molar-refractivity contribution is 7.13. The number of rotatable bonds is 6. The van der Waals surface area contributed by atoms with Crippen molar-refractivity contribution in [3.05, 3.63) is 81.9 Å². The van der Waals surface area contributed by atoms with Crippen LogP contribution in [0.15, 0.2) is 53.9 Å². The van der Waals surface area contributed by atoms with Gasteiger partial charge in [0.05, 0.1) is 28.9 Å². The molecule has 0 saturated carbocycles. The van der Waals surface area contributed by atoms with E-state index in [-0.39, 0.29) is 23.2 Å². The van der Waals surface area contributed by atoms with Crippen molar-refractivity contribution in [1.82, 2.24) is 9.88 Å². The fourth-order valence-electron chi connectivity index (χ4n) is 3.11. The molecule has 0 spiro atoms. The van der Waals surface area contributed by atoms with Gasteiger partial charge in [-0.25, -0.2) is 9.78 Å². The monoisotopic (exact) mass is 435 g/mol. The Morgan fingerprint density at radius 1 is 1.06 bits per heavy atom. The summed E-state index contributed by atoms with van der Waals surface area (Å²) in [5, 5.41) is 4.74. The summed E-state index contributed by atoms with van der Waals surface area (Å²) in [5.74, 6) is -2.18. The van der Waals surface area contributed by atoms with E-state index in [9.17, 15) is 19.2 Å². The standard InChI is InChI=1S/C22H17N3O5S/c1-13-12-31-22(23-13)24-18(26)11-30-21(29)15-7-8-16-17(9-15)20(28)25(19(16)27)10-14-5-3-2-4-6-14/h2-9,12H,10-11H2,1H3,(H,23,24,26). The Labute approximate surface area is 181 Å². The number of anilines is 1. The van der Waals surface area contributed by atoms with E-state index in [0.717, 1.165) is 16.2 Å². The summed E-state index contributed by atoms with van der Waals surface area (Å²) in [6.07, 6.45) is 0. The maximum absolute atomic E-state index is 12.7. The number of amides is 3. The average molecular weight is 435 g/mol. The lowest BCUT2D eigenvalue weighted by Gasteiger charge is -2.13. The summed E-state index contributed by atoms with van der Waals surface area (Å²) < 4.78 is 5.03. The van der Waals surface area contributed by atoms with Gasteiger partial charge >= 0.3 is 5.97 Å². The maximum Gasteiger partial charge on any atom is 0.338 e. The Balaban J connectivity index is 1.41. The second kappa shape index (κ2) is 8.49. The molecular weight excluding hydrogens is 418 g/mol. The molecule has 0 saturated heterocycles. The molecule has 0 fully saturated rings. The minimum atomic E-state index is -0.768. The number of fused-ring (bicyclic) bond motifs is 1. The van der Waals surface area contributed by atoms with Crippen LogP contribution in [0.4, 0.5) is 5.13 Å². The van der Waals surface area contributed by atoms with Crippen LogP contribution in [0.5, 0.6) is 0 Å². The fraction of sp³-hybridized carbons (Fsp3) is 0.136. The Hall–Kier alpha value is -3.85. The molecule has 8 nitrogen and oxygen atoms in total. The van der Waals surface area contributed by atoms with Gasteiger partial charge in [0.15, 0.2) is 11.7 Å². The number of hydrogen-bond donors (Lipinski definition) is 1. The molecule has 0 atom stereocenters. The van der Waals surface area contributed by atoms with Crippen molar-refractivity contribution in [3.8, 4) is 0 Å². The highest BCUT2D eigenvalue weighted by Gasteiger charge is 2.36. The molecule has 4 rings (SSSR count). The lowest BCUT2D eigenvalue weighted by atomic mass is 10.1. The number of aromatic nitrogens is 1. The summed E-state index contributed by atoms with van der Waals surface area (Å²) in [6.45, 7) is 1.44. The van der Waals surface area contributed by atoms with E-state index in [1.807, 2.05) is 30.3 Å². The molecule has 0 unspecified atom stereocenters. The van der Waals surface area contributed by atoms with E-state index in [4.69, 9.17) is 4.74 Å². The second-order valence-electron chi connectivity index (χ2n) is 6.86. The quantitative estimate of drug-likeness (QED) is 0.471. The number of nitrogens with zero attached hydrogens (tertiary/aromatic N) is 2. The number of hydrogen-bond acceptors (Lipinski definition) is 7. The zero-order chi connectivity index (χ0) is 22.0. The van der Waals surface area contributed by atoms with Crippen LogP contribution in [0.3, 0.4) is 0 Å². The lowest BCUT2D eigenvalue weighted by molar-refractivity contribution is -0.119. The van der Waals surface area contributed by atoms with Gasteiger partial charge in [-0.05, 0) is 30.7 Å². The van der Waals surface area contributed by atoms with Gasteiger partial charge < -0.3 is 4.74 Å². The maximum atomic E-state index is 12.7. The highest BCUT2D eigenvalue weighted by Crippen LogP contribution is 2.26. The number of benzene rings is 2. The third kappa shape index (κ3) is 4.36. The molecule has 0 radical (unpaired) electrons. The van der Waals surface area contributed by atoms with E-state index in [1.54, 1.807) is 12.3 Å². The largest absolute Gasteiger partial charge is 0.452 e. The van der Waals surface area contributed by atoms with Crippen LogP contribution in [0.25, 0.3) is 0 Å². The van der Waals surface area contributed by atoms with Crippen LogP contribution in [0, 0.1) is 6.92 Å². The summed E-state index contributed by atoms with van der Waals surface area (Å²) in [7, 11) is 0. The molecule has 2 aromatic carbocycles. The molecule has 1 N–H and O–H groups in total. The van der Waals surface area contributed by atoms with Gasteiger partial charge in [-0.2, -0.15) is 0 Å². The third-order valence-corrected chi connectivity index (χ3v) is 5.47. The minimum absolute atomic E-state index is 0.0827. The van der Waals surface area contributed by atoms with Gasteiger partial charge in [0.1, 0.15) is 0 Å². The van der Waals surface area contributed by atoms with Crippen LogP contribution in [0.2, 0.25) is 0 Å². The van der Waals surface area contributed by atoms with E-state index in [0.29, 0.717) is 5.13 Å². The van der Waals surface area contributed by atoms with E-state index >= 15 is 0 Å². The second-order valence-corrected chi connectivity index (χ2v) is 7.72. The van der Waals surface area contributed by atoms with Crippen molar-refractivity contribution >= 4 is 40.2 Å². The number of thiazole rings is 1. The van der Waals surface area contributed by atoms with Gasteiger partial charge in [0, 0.05) is 5.38 Å². The molecule has 1 aliphatic rings. The SMILES string of the molecule is Cc1csc(NC(=O)COC(=O)c2ccc3c(c2)C(=O)N(Cc2ccccc2)C3=O)n1. The first-order valence-electron chi connectivity index (χ1n) is 9.35. The predicted octanol–water partition coefficient (Wildman–Crippen LogP) is 3.04. The first kappa shape index (κ1) is 20.4. The van der Waals surface area contributed by atoms with Crippen LogP contribution in [-0.4, -0.2) is 40.2 Å². The number of ether oxygens (including phenoxy) is 1. The summed E-state index contributed by atoms with van der Waals surface area (Å²) in [4.78, 5) is 54.9. The van der Waals surface area contributed by atoms with Crippen molar-refractivity contribution in [2.75, 3.05) is 11.9 Å². The van der Waals surface area contributed by atoms with E-state index in [2.05, 4.69) is 10.3 Å². The van der Waals surface area contributed by atoms with E-state index < -0.39 is 30.3 Å². The molecule has 3 aromatic rings. The van der Waals surface area contributed by atoms with Gasteiger partial charge in [-0.3, -0.25) is 24.6 Å². The number of aryl methyl sites for hydroxylation is 1. The number of nitrogens with one attached hydrogen (secondary N) is 1. The topological polar surface area (TPSA) is 106 Å². The van der Waals surface area contributed by atoms with Crippen molar-refractivity contribution in [2.45, 2.75) is 13.5 Å². The van der Waals surface area contributed by atoms with Gasteiger partial charge in [-0.15, -0.1) is 11.3 Å². The summed E-state index contributed by atoms with van der Waals surface area (Å²) in [6, 6.07) is 13.3. The number of esters is 1. The molecule has 31 heavy (non-hydrogen) atoms. The predicted molar refractivity (Wildman–Crippen MR) is 113 cm³/mol. The Morgan fingerprint density at radius 2 is 1.81 bits per heavy atom. The van der Waals surface area contributed by atoms with Crippen molar-refractivity contribution in [1.29, 1.82) is 0 Å². The molecule has 156 valence electrons. The Bertz CT molecular complexity index is 1190. The Morgan fingerprint density at radius 3 is 2.52 bits per heavy atom. The molecule has 3 amide bonds. The molecule has 1 aromatic heterocycles. The smallest absolute Gasteiger partial charge is 0.338 e. The normalized spacial score (nSPS) is 12.6. The summed E-state index contributed by atoms with van der Waals surface area (Å²) in [5.41, 5.74) is 2.04. The Kier molecular flexibility index (Phi) is 5.59. The van der Waals surface area contributed by atoms with E-state index in [1.165, 1.54) is 29.5 Å².